The molecular formula is C20H16N4O4. The summed E-state index contributed by atoms with van der Waals surface area (Å²) >= 11 is 0. The molecule has 4 aromatic rings. The lowest BCUT2D eigenvalue weighted by Gasteiger charge is -2.07. The van der Waals surface area contributed by atoms with Gasteiger partial charge in [-0.1, -0.05) is 35.5 Å². The van der Waals surface area contributed by atoms with Crippen LogP contribution in [0.15, 0.2) is 81.1 Å². The Morgan fingerprint density at radius 3 is 2.61 bits per heavy atom. The van der Waals surface area contributed by atoms with Gasteiger partial charge in [-0.25, -0.2) is 0 Å². The standard InChI is InChI=1S/C20H16N4O4/c1-27-16-9-5-6-14(12-16)18-21-17(28-22-18)13-23-10-11-24(20(26)19(23)25)15-7-3-2-4-8-15/h2-12H,13H2,1H3. The van der Waals surface area contributed by atoms with Gasteiger partial charge in [-0.15, -0.1) is 0 Å². The van der Waals surface area contributed by atoms with Gasteiger partial charge in [-0.05, 0) is 24.3 Å². The average molecular weight is 376 g/mol. The Hall–Kier alpha value is -3.94. The van der Waals surface area contributed by atoms with Gasteiger partial charge in [0.1, 0.15) is 12.3 Å². The maximum Gasteiger partial charge on any atom is 0.320 e. The maximum atomic E-state index is 12.5. The van der Waals surface area contributed by atoms with Crippen LogP contribution in [0.3, 0.4) is 0 Å². The predicted molar refractivity (Wildman–Crippen MR) is 102 cm³/mol. The Morgan fingerprint density at radius 1 is 1.00 bits per heavy atom. The third-order valence-corrected chi connectivity index (χ3v) is 4.19. The van der Waals surface area contributed by atoms with E-state index in [1.807, 2.05) is 24.3 Å². The molecule has 0 saturated carbocycles. The minimum absolute atomic E-state index is 0.000666. The molecule has 140 valence electrons. The first-order chi connectivity index (χ1) is 13.7. The zero-order valence-electron chi connectivity index (χ0n) is 15.0. The molecule has 28 heavy (non-hydrogen) atoms. The molecular weight excluding hydrogens is 360 g/mol. The third kappa shape index (κ3) is 3.35. The fourth-order valence-electron chi connectivity index (χ4n) is 2.77. The summed E-state index contributed by atoms with van der Waals surface area (Å²) in [6.45, 7) is 0.000666. The zero-order valence-corrected chi connectivity index (χ0v) is 15.0. The molecule has 0 bridgehead atoms. The normalized spacial score (nSPS) is 10.8. The number of hydrogen-bond donors (Lipinski definition) is 0. The van der Waals surface area contributed by atoms with Crippen molar-refractivity contribution in [3.63, 3.8) is 0 Å². The molecule has 0 spiro atoms. The molecule has 0 amide bonds. The second-order valence-electron chi connectivity index (χ2n) is 5.99. The SMILES string of the molecule is COc1cccc(-c2noc(Cn3ccn(-c4ccccc4)c(=O)c3=O)n2)c1. The van der Waals surface area contributed by atoms with Crippen LogP contribution in [0.4, 0.5) is 0 Å². The molecule has 0 radical (unpaired) electrons. The summed E-state index contributed by atoms with van der Waals surface area (Å²) in [6.07, 6.45) is 3.06. The van der Waals surface area contributed by atoms with Gasteiger partial charge in [0, 0.05) is 23.6 Å². The molecule has 0 aliphatic carbocycles. The number of rotatable bonds is 5. The van der Waals surface area contributed by atoms with Crippen molar-refractivity contribution >= 4 is 0 Å². The number of ether oxygens (including phenoxy) is 1. The lowest BCUT2D eigenvalue weighted by atomic mass is 10.2. The second-order valence-corrected chi connectivity index (χ2v) is 5.99. The van der Waals surface area contributed by atoms with Crippen molar-refractivity contribution in [1.29, 1.82) is 0 Å². The van der Waals surface area contributed by atoms with Crippen molar-refractivity contribution in [3.05, 3.63) is 93.6 Å². The monoisotopic (exact) mass is 376 g/mol. The molecule has 8 nitrogen and oxygen atoms in total. The largest absolute Gasteiger partial charge is 0.497 e. The van der Waals surface area contributed by atoms with Gasteiger partial charge < -0.3 is 9.26 Å². The number of aromatic nitrogens is 4. The topological polar surface area (TPSA) is 92.2 Å². The van der Waals surface area contributed by atoms with Crippen LogP contribution in [0.2, 0.25) is 0 Å². The van der Waals surface area contributed by atoms with Crippen LogP contribution in [0.1, 0.15) is 5.89 Å². The van der Waals surface area contributed by atoms with E-state index in [-0.39, 0.29) is 12.4 Å². The van der Waals surface area contributed by atoms with Crippen molar-refractivity contribution in [3.8, 4) is 22.8 Å². The molecule has 2 heterocycles. The lowest BCUT2D eigenvalue weighted by Crippen LogP contribution is -2.40. The summed E-state index contributed by atoms with van der Waals surface area (Å²) in [4.78, 5) is 29.2. The predicted octanol–water partition coefficient (Wildman–Crippen LogP) is 2.11. The van der Waals surface area contributed by atoms with Crippen LogP contribution >= 0.6 is 0 Å². The van der Waals surface area contributed by atoms with E-state index in [0.717, 1.165) is 5.56 Å². The van der Waals surface area contributed by atoms with Crippen LogP contribution < -0.4 is 15.9 Å². The van der Waals surface area contributed by atoms with Gasteiger partial charge in [0.15, 0.2) is 0 Å². The van der Waals surface area contributed by atoms with Crippen molar-refractivity contribution in [2.24, 2.45) is 0 Å². The van der Waals surface area contributed by atoms with Crippen LogP contribution in [0.5, 0.6) is 5.75 Å². The number of nitrogens with zero attached hydrogens (tertiary/aromatic N) is 4. The van der Waals surface area contributed by atoms with Crippen molar-refractivity contribution < 1.29 is 9.26 Å². The Bertz CT molecular complexity index is 1220. The molecule has 0 saturated heterocycles. The Morgan fingerprint density at radius 2 is 1.82 bits per heavy atom. The van der Waals surface area contributed by atoms with Gasteiger partial charge in [0.05, 0.1) is 7.11 Å². The second kappa shape index (κ2) is 7.36. The van der Waals surface area contributed by atoms with E-state index >= 15 is 0 Å². The van der Waals surface area contributed by atoms with Gasteiger partial charge in [0.25, 0.3) is 0 Å². The highest BCUT2D eigenvalue weighted by molar-refractivity contribution is 5.56. The molecule has 0 unspecified atom stereocenters. The summed E-state index contributed by atoms with van der Waals surface area (Å²) in [5, 5.41) is 3.93. The number of methoxy groups -OCH3 is 1. The lowest BCUT2D eigenvalue weighted by molar-refractivity contribution is 0.369. The smallest absolute Gasteiger partial charge is 0.320 e. The van der Waals surface area contributed by atoms with E-state index < -0.39 is 11.1 Å². The Labute approximate surface area is 159 Å². The molecule has 8 heteroatoms. The van der Waals surface area contributed by atoms with Gasteiger partial charge in [-0.2, -0.15) is 4.98 Å². The molecule has 0 atom stereocenters. The molecule has 0 aliphatic heterocycles. The highest BCUT2D eigenvalue weighted by atomic mass is 16.5. The quantitative estimate of drug-likeness (QED) is 0.495. The maximum absolute atomic E-state index is 12.5. The highest BCUT2D eigenvalue weighted by Crippen LogP contribution is 2.21. The van der Waals surface area contributed by atoms with E-state index in [9.17, 15) is 9.59 Å². The summed E-state index contributed by atoms with van der Waals surface area (Å²) in [6, 6.07) is 16.2. The molecule has 0 aliphatic rings. The van der Waals surface area contributed by atoms with E-state index in [1.54, 1.807) is 43.6 Å². The fraction of sp³-hybridized carbons (Fsp3) is 0.100. The first kappa shape index (κ1) is 17.5. The van der Waals surface area contributed by atoms with Crippen molar-refractivity contribution in [2.75, 3.05) is 7.11 Å². The zero-order chi connectivity index (χ0) is 19.5. The van der Waals surface area contributed by atoms with E-state index in [4.69, 9.17) is 9.26 Å². The molecule has 2 aromatic carbocycles. The Kier molecular flexibility index (Phi) is 4.59. The summed E-state index contributed by atoms with van der Waals surface area (Å²) in [5.41, 5.74) is 0.0183. The van der Waals surface area contributed by atoms with E-state index in [1.165, 1.54) is 15.3 Å². The third-order valence-electron chi connectivity index (χ3n) is 4.19. The minimum atomic E-state index is -0.674. The Balaban J connectivity index is 1.62. The van der Waals surface area contributed by atoms with Crippen molar-refractivity contribution in [2.45, 2.75) is 6.54 Å². The van der Waals surface area contributed by atoms with Gasteiger partial charge in [-0.3, -0.25) is 18.7 Å². The molecule has 0 N–H and O–H groups in total. The van der Waals surface area contributed by atoms with E-state index in [0.29, 0.717) is 17.3 Å². The number of para-hydroxylation sites is 1. The van der Waals surface area contributed by atoms with Crippen molar-refractivity contribution in [1.82, 2.24) is 19.3 Å². The van der Waals surface area contributed by atoms with Crippen LogP contribution in [0.25, 0.3) is 17.1 Å². The van der Waals surface area contributed by atoms with Gasteiger partial charge in [0.2, 0.25) is 11.7 Å². The van der Waals surface area contributed by atoms with Crippen LogP contribution in [0, 0.1) is 0 Å². The minimum Gasteiger partial charge on any atom is -0.497 e. The van der Waals surface area contributed by atoms with Crippen LogP contribution in [-0.2, 0) is 6.54 Å². The molecule has 0 fully saturated rings. The number of benzene rings is 2. The summed E-state index contributed by atoms with van der Waals surface area (Å²) in [7, 11) is 1.57. The summed E-state index contributed by atoms with van der Waals surface area (Å²) < 4.78 is 13.0. The molecule has 4 rings (SSSR count). The number of hydrogen-bond acceptors (Lipinski definition) is 6. The fourth-order valence-corrected chi connectivity index (χ4v) is 2.77. The first-order valence-corrected chi connectivity index (χ1v) is 8.50. The van der Waals surface area contributed by atoms with Crippen LogP contribution in [-0.4, -0.2) is 26.4 Å². The summed E-state index contributed by atoms with van der Waals surface area (Å²) in [5.74, 6) is 1.26. The first-order valence-electron chi connectivity index (χ1n) is 8.50. The van der Waals surface area contributed by atoms with E-state index in [2.05, 4.69) is 10.1 Å². The van der Waals surface area contributed by atoms with Gasteiger partial charge >= 0.3 is 11.1 Å². The highest BCUT2D eigenvalue weighted by Gasteiger charge is 2.12. The average Bonchev–Trinajstić information content (AvgIpc) is 3.21. The molecule has 2 aromatic heterocycles.